The van der Waals surface area contributed by atoms with E-state index in [1.165, 1.54) is 6.92 Å². The molecule has 1 aromatic rings. The molecule has 2 heterocycles. The van der Waals surface area contributed by atoms with Gasteiger partial charge in [0.1, 0.15) is 11.9 Å². The Morgan fingerprint density at radius 1 is 1.55 bits per heavy atom. The largest absolute Gasteiger partial charge is 0.366 e. The van der Waals surface area contributed by atoms with Crippen LogP contribution in [0, 0.1) is 6.92 Å². The van der Waals surface area contributed by atoms with Gasteiger partial charge in [0.15, 0.2) is 5.82 Å². The normalized spacial score (nSPS) is 18.9. The van der Waals surface area contributed by atoms with E-state index >= 15 is 0 Å². The number of nitrogens with zero attached hydrogens (tertiary/aromatic N) is 3. The quantitative estimate of drug-likeness (QED) is 0.778. The summed E-state index contributed by atoms with van der Waals surface area (Å²) >= 11 is 0. The summed E-state index contributed by atoms with van der Waals surface area (Å²) in [6, 6.07) is 0. The number of rotatable bonds is 4. The highest BCUT2D eigenvalue weighted by atomic mass is 16.5. The summed E-state index contributed by atoms with van der Waals surface area (Å²) in [5.41, 5.74) is 0. The molecule has 2 amide bonds. The molecule has 8 nitrogen and oxygen atoms in total. The maximum atomic E-state index is 12.0. The first-order valence-corrected chi connectivity index (χ1v) is 6.59. The fourth-order valence-electron chi connectivity index (χ4n) is 2.04. The molecule has 2 N–H and O–H groups in total. The van der Waals surface area contributed by atoms with Gasteiger partial charge in [-0.05, 0) is 6.92 Å². The highest BCUT2D eigenvalue weighted by molar-refractivity contribution is 5.78. The van der Waals surface area contributed by atoms with Gasteiger partial charge in [0.05, 0.1) is 13.2 Å². The molecule has 0 spiro atoms. The third-order valence-corrected chi connectivity index (χ3v) is 3.03. The Morgan fingerprint density at radius 3 is 3.00 bits per heavy atom. The van der Waals surface area contributed by atoms with Crippen LogP contribution < -0.4 is 5.32 Å². The van der Waals surface area contributed by atoms with Crippen molar-refractivity contribution in [1.29, 1.82) is 0 Å². The number of H-pyrrole nitrogens is 1. The SMILES string of the molecule is CC(=O)NCCC(=O)N1CCOC(c2n[nH]c(C)n2)C1. The standard InChI is InChI=1S/C12H19N5O3/c1-8-14-12(16-15-8)10-7-17(5-6-20-10)11(19)3-4-13-9(2)18/h10H,3-7H2,1-2H3,(H,13,18)(H,14,15,16). The average Bonchev–Trinajstić information content (AvgIpc) is 2.85. The maximum absolute atomic E-state index is 12.0. The molecule has 0 saturated carbocycles. The molecule has 1 saturated heterocycles. The molecule has 1 unspecified atom stereocenters. The Balaban J connectivity index is 1.86. The predicted molar refractivity (Wildman–Crippen MR) is 69.7 cm³/mol. The Labute approximate surface area is 116 Å². The van der Waals surface area contributed by atoms with Crippen molar-refractivity contribution in [3.63, 3.8) is 0 Å². The molecule has 1 aliphatic heterocycles. The zero-order chi connectivity index (χ0) is 14.5. The fraction of sp³-hybridized carbons (Fsp3) is 0.667. The van der Waals surface area contributed by atoms with Crippen LogP contribution in [0.1, 0.15) is 31.1 Å². The maximum Gasteiger partial charge on any atom is 0.224 e. The first kappa shape index (κ1) is 14.4. The molecular formula is C12H19N5O3. The van der Waals surface area contributed by atoms with Crippen molar-refractivity contribution in [2.75, 3.05) is 26.2 Å². The van der Waals surface area contributed by atoms with Gasteiger partial charge in [-0.3, -0.25) is 14.7 Å². The van der Waals surface area contributed by atoms with Gasteiger partial charge >= 0.3 is 0 Å². The van der Waals surface area contributed by atoms with Gasteiger partial charge in [-0.25, -0.2) is 4.98 Å². The summed E-state index contributed by atoms with van der Waals surface area (Å²) in [6.45, 7) is 5.06. The van der Waals surface area contributed by atoms with Gasteiger partial charge in [0.25, 0.3) is 0 Å². The Kier molecular flexibility index (Phi) is 4.67. The number of amides is 2. The number of hydrogen-bond donors (Lipinski definition) is 2. The van der Waals surface area contributed by atoms with Gasteiger partial charge in [0, 0.05) is 26.4 Å². The summed E-state index contributed by atoms with van der Waals surface area (Å²) in [6.07, 6.45) is -0.00214. The van der Waals surface area contributed by atoms with Crippen LogP contribution in [-0.4, -0.2) is 58.1 Å². The lowest BCUT2D eigenvalue weighted by molar-refractivity contribution is -0.139. The molecule has 8 heteroatoms. The van der Waals surface area contributed by atoms with E-state index in [0.717, 1.165) is 5.82 Å². The van der Waals surface area contributed by atoms with Crippen LogP contribution in [0.2, 0.25) is 0 Å². The first-order chi connectivity index (χ1) is 9.56. The molecule has 20 heavy (non-hydrogen) atoms. The number of aromatic nitrogens is 3. The molecule has 1 aliphatic rings. The van der Waals surface area contributed by atoms with Crippen LogP contribution in [-0.2, 0) is 14.3 Å². The lowest BCUT2D eigenvalue weighted by Gasteiger charge is -2.31. The second-order valence-electron chi connectivity index (χ2n) is 4.71. The molecule has 1 aromatic heterocycles. The lowest BCUT2D eigenvalue weighted by Crippen LogP contribution is -2.43. The number of hydrogen-bond acceptors (Lipinski definition) is 5. The number of aryl methyl sites for hydroxylation is 1. The second-order valence-corrected chi connectivity index (χ2v) is 4.71. The molecule has 0 aromatic carbocycles. The van der Waals surface area contributed by atoms with E-state index in [1.807, 2.05) is 6.92 Å². The van der Waals surface area contributed by atoms with Crippen LogP contribution in [0.3, 0.4) is 0 Å². The van der Waals surface area contributed by atoms with Crippen LogP contribution in [0.4, 0.5) is 0 Å². The molecule has 0 radical (unpaired) electrons. The predicted octanol–water partition coefficient (Wildman–Crippen LogP) is -0.461. The van der Waals surface area contributed by atoms with Gasteiger partial charge < -0.3 is 15.0 Å². The van der Waals surface area contributed by atoms with E-state index in [0.29, 0.717) is 38.5 Å². The Morgan fingerprint density at radius 2 is 2.35 bits per heavy atom. The molecular weight excluding hydrogens is 262 g/mol. The van der Waals surface area contributed by atoms with E-state index in [9.17, 15) is 9.59 Å². The zero-order valence-corrected chi connectivity index (χ0v) is 11.7. The van der Waals surface area contributed by atoms with Crippen molar-refractivity contribution >= 4 is 11.8 Å². The van der Waals surface area contributed by atoms with Crippen molar-refractivity contribution < 1.29 is 14.3 Å². The Hall–Kier alpha value is -1.96. The molecule has 110 valence electrons. The monoisotopic (exact) mass is 281 g/mol. The van der Waals surface area contributed by atoms with E-state index in [-0.39, 0.29) is 17.9 Å². The molecule has 0 bridgehead atoms. The van der Waals surface area contributed by atoms with Gasteiger partial charge in [-0.2, -0.15) is 5.10 Å². The summed E-state index contributed by atoms with van der Waals surface area (Å²) < 4.78 is 5.59. The third-order valence-electron chi connectivity index (χ3n) is 3.03. The highest BCUT2D eigenvalue weighted by Gasteiger charge is 2.27. The number of nitrogens with one attached hydrogen (secondary N) is 2. The first-order valence-electron chi connectivity index (χ1n) is 6.59. The summed E-state index contributed by atoms with van der Waals surface area (Å²) in [4.78, 5) is 28.7. The van der Waals surface area contributed by atoms with Crippen molar-refractivity contribution in [2.45, 2.75) is 26.4 Å². The average molecular weight is 281 g/mol. The summed E-state index contributed by atoms with van der Waals surface area (Å²) in [7, 11) is 0. The lowest BCUT2D eigenvalue weighted by atomic mass is 10.2. The van der Waals surface area contributed by atoms with Gasteiger partial charge in [-0.1, -0.05) is 0 Å². The van der Waals surface area contributed by atoms with Crippen LogP contribution in [0.15, 0.2) is 0 Å². The van der Waals surface area contributed by atoms with E-state index in [1.54, 1.807) is 4.90 Å². The minimum atomic E-state index is -0.293. The van der Waals surface area contributed by atoms with E-state index in [4.69, 9.17) is 4.74 Å². The number of morpholine rings is 1. The second kappa shape index (κ2) is 6.47. The number of aromatic amines is 1. The smallest absolute Gasteiger partial charge is 0.224 e. The third kappa shape index (κ3) is 3.77. The van der Waals surface area contributed by atoms with Gasteiger partial charge in [-0.15, -0.1) is 0 Å². The molecule has 1 fully saturated rings. The molecule has 2 rings (SSSR count). The zero-order valence-electron chi connectivity index (χ0n) is 11.7. The number of carbonyl (C=O) groups excluding carboxylic acids is 2. The van der Waals surface area contributed by atoms with Crippen LogP contribution in [0.5, 0.6) is 0 Å². The van der Waals surface area contributed by atoms with E-state index < -0.39 is 0 Å². The van der Waals surface area contributed by atoms with Crippen molar-refractivity contribution in [3.05, 3.63) is 11.6 Å². The summed E-state index contributed by atoms with van der Waals surface area (Å²) in [5, 5.41) is 9.44. The topological polar surface area (TPSA) is 100 Å². The van der Waals surface area contributed by atoms with Crippen LogP contribution >= 0.6 is 0 Å². The number of carbonyl (C=O) groups is 2. The summed E-state index contributed by atoms with van der Waals surface area (Å²) in [5.74, 6) is 1.16. The molecule has 1 atom stereocenters. The number of ether oxygens (including phenoxy) is 1. The van der Waals surface area contributed by atoms with Crippen molar-refractivity contribution in [2.24, 2.45) is 0 Å². The Bertz CT molecular complexity index is 487. The van der Waals surface area contributed by atoms with E-state index in [2.05, 4.69) is 20.5 Å². The van der Waals surface area contributed by atoms with Crippen LogP contribution in [0.25, 0.3) is 0 Å². The van der Waals surface area contributed by atoms with Gasteiger partial charge in [0.2, 0.25) is 11.8 Å². The molecule has 0 aliphatic carbocycles. The minimum absolute atomic E-state index is 0.000641. The van der Waals surface area contributed by atoms with Crippen molar-refractivity contribution in [1.82, 2.24) is 25.4 Å². The highest BCUT2D eigenvalue weighted by Crippen LogP contribution is 2.19. The minimum Gasteiger partial charge on any atom is -0.366 e. The van der Waals surface area contributed by atoms with Crippen molar-refractivity contribution in [3.8, 4) is 0 Å². The fourth-order valence-corrected chi connectivity index (χ4v) is 2.04.